The van der Waals surface area contributed by atoms with Crippen LogP contribution in [0.1, 0.15) is 28.2 Å². The van der Waals surface area contributed by atoms with Crippen LogP contribution in [0.15, 0.2) is 48.0 Å². The Morgan fingerprint density at radius 3 is 2.92 bits per heavy atom. The molecule has 2 atom stereocenters. The Balaban J connectivity index is 1.71. The first-order valence-corrected chi connectivity index (χ1v) is 9.30. The zero-order chi connectivity index (χ0) is 17.9. The van der Waals surface area contributed by atoms with E-state index in [1.54, 1.807) is 16.5 Å². The van der Waals surface area contributed by atoms with Gasteiger partial charge in [0.15, 0.2) is 0 Å². The van der Waals surface area contributed by atoms with Gasteiger partial charge >= 0.3 is 0 Å². The fourth-order valence-corrected chi connectivity index (χ4v) is 4.92. The molecule has 1 aromatic heterocycles. The van der Waals surface area contributed by atoms with Crippen LogP contribution in [0, 0.1) is 11.3 Å². The molecule has 0 radical (unpaired) electrons. The van der Waals surface area contributed by atoms with Crippen molar-refractivity contribution in [2.45, 2.75) is 17.9 Å². The Labute approximate surface area is 158 Å². The molecule has 2 heterocycles. The fourth-order valence-electron chi connectivity index (χ4n) is 4.09. The minimum Gasteiger partial charge on any atom is -0.272 e. The smallest absolute Gasteiger partial charge is 0.257 e. The third-order valence-corrected chi connectivity index (χ3v) is 6.08. The van der Waals surface area contributed by atoms with Gasteiger partial charge in [0, 0.05) is 17.4 Å². The summed E-state index contributed by atoms with van der Waals surface area (Å²) in [5.41, 5.74) is 4.55. The van der Waals surface area contributed by atoms with E-state index in [1.807, 2.05) is 36.4 Å². The highest BCUT2D eigenvalue weighted by Crippen LogP contribution is 2.58. The summed E-state index contributed by atoms with van der Waals surface area (Å²) in [5.74, 6) is -0.158. The number of nitriles is 1. The van der Waals surface area contributed by atoms with Crippen LogP contribution in [0.25, 0.3) is 0 Å². The summed E-state index contributed by atoms with van der Waals surface area (Å²) < 4.78 is 0. The van der Waals surface area contributed by atoms with Crippen molar-refractivity contribution in [3.05, 3.63) is 75.3 Å². The van der Waals surface area contributed by atoms with Crippen LogP contribution in [0.5, 0.6) is 0 Å². The lowest BCUT2D eigenvalue weighted by Gasteiger charge is -2.19. The van der Waals surface area contributed by atoms with Gasteiger partial charge in [0.2, 0.25) is 5.13 Å². The molecule has 5 nitrogen and oxygen atoms in total. The van der Waals surface area contributed by atoms with E-state index in [0.29, 0.717) is 22.1 Å². The van der Waals surface area contributed by atoms with Crippen LogP contribution in [0.3, 0.4) is 0 Å². The topological polar surface area (TPSA) is 69.7 Å². The molecule has 0 unspecified atom stereocenters. The van der Waals surface area contributed by atoms with Crippen LogP contribution in [-0.2, 0) is 11.2 Å². The van der Waals surface area contributed by atoms with Crippen molar-refractivity contribution in [2.24, 2.45) is 0 Å². The van der Waals surface area contributed by atoms with E-state index in [0.717, 1.165) is 16.7 Å². The molecule has 7 heteroatoms. The first-order valence-electron chi connectivity index (χ1n) is 8.04. The Kier molecular flexibility index (Phi) is 3.20. The third kappa shape index (κ3) is 1.99. The highest BCUT2D eigenvalue weighted by Gasteiger charge is 2.71. The van der Waals surface area contributed by atoms with Crippen LogP contribution >= 0.6 is 22.9 Å². The number of nitrogens with zero attached hydrogens (tertiary/aromatic N) is 4. The van der Waals surface area contributed by atoms with Crippen molar-refractivity contribution in [3.63, 3.8) is 0 Å². The monoisotopic (exact) mass is 378 g/mol. The van der Waals surface area contributed by atoms with E-state index < -0.39 is 5.54 Å². The Morgan fingerprint density at radius 1 is 1.31 bits per heavy atom. The molecule has 1 saturated heterocycles. The van der Waals surface area contributed by atoms with Crippen molar-refractivity contribution in [1.29, 1.82) is 5.26 Å². The molecule has 126 valence electrons. The number of fused-ring (bicyclic) bond motifs is 1. The molecule has 3 aromatic rings. The maximum absolute atomic E-state index is 13.0. The number of hydrogen-bond donors (Lipinski definition) is 0. The molecule has 0 bridgehead atoms. The largest absolute Gasteiger partial charge is 0.272 e. The second-order valence-corrected chi connectivity index (χ2v) is 7.72. The highest BCUT2D eigenvalue weighted by atomic mass is 35.5. The number of amides is 1. The molecule has 1 spiro atoms. The summed E-state index contributed by atoms with van der Waals surface area (Å²) in [5, 5.41) is 18.5. The van der Waals surface area contributed by atoms with Gasteiger partial charge in [0.1, 0.15) is 11.0 Å². The van der Waals surface area contributed by atoms with Crippen molar-refractivity contribution >= 4 is 34.0 Å². The third-order valence-electron chi connectivity index (χ3n) is 5.17. The zero-order valence-electron chi connectivity index (χ0n) is 13.4. The predicted molar refractivity (Wildman–Crippen MR) is 98.3 cm³/mol. The number of rotatable bonds is 2. The number of benzene rings is 2. The summed E-state index contributed by atoms with van der Waals surface area (Å²) in [7, 11) is 0. The Morgan fingerprint density at radius 2 is 2.19 bits per heavy atom. The second kappa shape index (κ2) is 5.37. The van der Waals surface area contributed by atoms with E-state index in [-0.39, 0.29) is 11.8 Å². The summed E-state index contributed by atoms with van der Waals surface area (Å²) in [6.07, 6.45) is 0.587. The van der Waals surface area contributed by atoms with Crippen LogP contribution in [0.2, 0.25) is 5.02 Å². The summed E-state index contributed by atoms with van der Waals surface area (Å²) >= 11 is 7.57. The molecule has 1 aliphatic carbocycles. The van der Waals surface area contributed by atoms with Crippen molar-refractivity contribution < 1.29 is 4.79 Å². The molecule has 2 aromatic carbocycles. The van der Waals surface area contributed by atoms with Crippen LogP contribution < -0.4 is 4.90 Å². The summed E-state index contributed by atoms with van der Waals surface area (Å²) in [6.45, 7) is 0. The number of carbonyl (C=O) groups excluding carboxylic acids is 1. The van der Waals surface area contributed by atoms with Gasteiger partial charge in [-0.2, -0.15) is 5.26 Å². The average molecular weight is 379 g/mol. The summed E-state index contributed by atoms with van der Waals surface area (Å²) in [4.78, 5) is 14.7. The van der Waals surface area contributed by atoms with E-state index in [2.05, 4.69) is 16.3 Å². The van der Waals surface area contributed by atoms with Crippen LogP contribution in [0.4, 0.5) is 5.13 Å². The molecule has 1 amide bonds. The first-order chi connectivity index (χ1) is 12.6. The number of aromatic nitrogens is 2. The Hall–Kier alpha value is -2.75. The predicted octanol–water partition coefficient (Wildman–Crippen LogP) is 3.54. The number of anilines is 1. The molecule has 0 saturated carbocycles. The van der Waals surface area contributed by atoms with Gasteiger partial charge in [-0.05, 0) is 41.0 Å². The van der Waals surface area contributed by atoms with Crippen molar-refractivity contribution in [3.8, 4) is 6.07 Å². The van der Waals surface area contributed by atoms with Gasteiger partial charge in [0.25, 0.3) is 5.91 Å². The molecule has 0 N–H and O–H groups in total. The average Bonchev–Trinajstić information content (AvgIpc) is 3.04. The lowest BCUT2D eigenvalue weighted by Crippen LogP contribution is -2.25. The second-order valence-electron chi connectivity index (χ2n) is 6.48. The lowest BCUT2D eigenvalue weighted by atomic mass is 9.85. The number of halogens is 1. The van der Waals surface area contributed by atoms with Gasteiger partial charge in [0.05, 0.1) is 11.6 Å². The molecule has 2 aliphatic rings. The minimum atomic E-state index is -0.708. The molecular formula is C19H11ClN4OS. The van der Waals surface area contributed by atoms with Gasteiger partial charge < -0.3 is 0 Å². The van der Waals surface area contributed by atoms with E-state index in [4.69, 9.17) is 11.6 Å². The Bertz CT molecular complexity index is 1090. The first kappa shape index (κ1) is 15.5. The van der Waals surface area contributed by atoms with E-state index in [1.165, 1.54) is 11.3 Å². The van der Waals surface area contributed by atoms with Gasteiger partial charge in [-0.15, -0.1) is 10.2 Å². The molecular weight excluding hydrogens is 368 g/mol. The highest BCUT2D eigenvalue weighted by molar-refractivity contribution is 7.13. The molecule has 26 heavy (non-hydrogen) atoms. The SMILES string of the molecule is N#Cc1ccc2c(c1)[C@@H](c1cccc(Cl)c1)[C@]1(C2)C(=O)N1c1nncs1. The van der Waals surface area contributed by atoms with Gasteiger partial charge in [-0.3, -0.25) is 9.69 Å². The van der Waals surface area contributed by atoms with E-state index >= 15 is 0 Å². The standard InChI is InChI=1S/C19H11ClN4OS/c20-14-3-1-2-12(7-14)16-15-6-11(9-21)4-5-13(15)8-19(16)17(25)24(19)18-23-22-10-26-18/h1-7,10,16H,8H2/t16-,19-,24?/m1/s1. The lowest BCUT2D eigenvalue weighted by molar-refractivity contribution is -0.111. The fraction of sp³-hybridized carbons (Fsp3) is 0.158. The summed E-state index contributed by atoms with van der Waals surface area (Å²) in [6, 6.07) is 15.4. The molecule has 1 fully saturated rings. The number of carbonyl (C=O) groups is 1. The normalized spacial score (nSPS) is 23.2. The maximum atomic E-state index is 13.0. The number of hydrogen-bond acceptors (Lipinski definition) is 5. The van der Waals surface area contributed by atoms with Gasteiger partial charge in [-0.1, -0.05) is 41.1 Å². The molecule has 5 rings (SSSR count). The maximum Gasteiger partial charge on any atom is 0.257 e. The molecule has 1 aliphatic heterocycles. The van der Waals surface area contributed by atoms with Crippen LogP contribution in [-0.4, -0.2) is 21.6 Å². The van der Waals surface area contributed by atoms with Crippen molar-refractivity contribution in [1.82, 2.24) is 10.2 Å². The van der Waals surface area contributed by atoms with Crippen molar-refractivity contribution in [2.75, 3.05) is 4.90 Å². The van der Waals surface area contributed by atoms with Gasteiger partial charge in [-0.25, -0.2) is 0 Å². The quantitative estimate of drug-likeness (QED) is 0.639. The minimum absolute atomic E-state index is 0.0360. The van der Waals surface area contributed by atoms with E-state index in [9.17, 15) is 10.1 Å². The zero-order valence-corrected chi connectivity index (χ0v) is 15.0.